The van der Waals surface area contributed by atoms with Gasteiger partial charge in [-0.2, -0.15) is 18.2 Å². The minimum absolute atomic E-state index is 0.0664. The molecule has 0 amide bonds. The summed E-state index contributed by atoms with van der Waals surface area (Å²) in [6.07, 6.45) is -1.94. The van der Waals surface area contributed by atoms with Gasteiger partial charge in [0, 0.05) is 37.5 Å². The fourth-order valence-corrected chi connectivity index (χ4v) is 4.54. The molecule has 2 aromatic carbocycles. The second-order valence-electron chi connectivity index (χ2n) is 9.19. The predicted molar refractivity (Wildman–Crippen MR) is 130 cm³/mol. The Morgan fingerprint density at radius 2 is 1.81 bits per heavy atom. The fraction of sp³-hybridized carbons (Fsp3) is 0.385. The van der Waals surface area contributed by atoms with E-state index < -0.39 is 29.4 Å². The molecule has 0 unspecified atom stereocenters. The Balaban J connectivity index is 1.38. The van der Waals surface area contributed by atoms with Gasteiger partial charge in [0.25, 0.3) is 0 Å². The highest BCUT2D eigenvalue weighted by molar-refractivity contribution is 5.58. The summed E-state index contributed by atoms with van der Waals surface area (Å²) in [5.74, 6) is -0.971. The number of hydrogen-bond acceptors (Lipinski definition) is 7. The molecule has 3 heterocycles. The number of anilines is 3. The lowest BCUT2D eigenvalue weighted by Crippen LogP contribution is -2.35. The molecule has 11 heteroatoms. The molecular formula is C26H27F4N5O2. The molecule has 2 aliphatic heterocycles. The SMILES string of the molecule is CN1CCC(Oc2ccc(Nc3ncc(C(F)(F)F)c(N4OCC[C@H]4c4ccccc4)n3)cc2F)CC1. The maximum absolute atomic E-state index is 14.8. The van der Waals surface area contributed by atoms with Crippen LogP contribution in [0.25, 0.3) is 0 Å². The average molecular weight is 518 g/mol. The standard InChI is InChI=1S/C26H27F4N5O2/c1-34-12-9-19(10-13-34)37-23-8-7-18(15-21(23)27)32-25-31-16-20(26(28,29)30)24(33-25)35-22(11-14-36-35)17-5-3-2-4-6-17/h2-8,15-16,19,22H,9-14H2,1H3,(H,31,32,33)/t22-/m0/s1. The maximum atomic E-state index is 14.8. The zero-order valence-electron chi connectivity index (χ0n) is 20.2. The van der Waals surface area contributed by atoms with Gasteiger partial charge in [0.15, 0.2) is 17.4 Å². The van der Waals surface area contributed by atoms with E-state index in [-0.39, 0.29) is 30.1 Å². The molecule has 2 aliphatic rings. The Morgan fingerprint density at radius 3 is 2.51 bits per heavy atom. The lowest BCUT2D eigenvalue weighted by atomic mass is 10.0. The van der Waals surface area contributed by atoms with Crippen LogP contribution in [0.5, 0.6) is 5.75 Å². The number of nitrogens with one attached hydrogen (secondary N) is 1. The molecule has 1 atom stereocenters. The Hall–Kier alpha value is -3.44. The highest BCUT2D eigenvalue weighted by Gasteiger charge is 2.40. The fourth-order valence-electron chi connectivity index (χ4n) is 4.54. The third-order valence-electron chi connectivity index (χ3n) is 6.52. The van der Waals surface area contributed by atoms with Crippen LogP contribution in [0.2, 0.25) is 0 Å². The number of hydroxylamine groups is 1. The molecule has 0 radical (unpaired) electrons. The van der Waals surface area contributed by atoms with Crippen molar-refractivity contribution in [3.8, 4) is 5.75 Å². The van der Waals surface area contributed by atoms with E-state index in [0.29, 0.717) is 12.6 Å². The van der Waals surface area contributed by atoms with Crippen LogP contribution < -0.4 is 15.1 Å². The van der Waals surface area contributed by atoms with E-state index in [9.17, 15) is 17.6 Å². The molecule has 0 spiro atoms. The second-order valence-corrected chi connectivity index (χ2v) is 9.19. The van der Waals surface area contributed by atoms with E-state index in [2.05, 4.69) is 20.2 Å². The van der Waals surface area contributed by atoms with Gasteiger partial charge in [0.05, 0.1) is 12.6 Å². The quantitative estimate of drug-likeness (QED) is 0.419. The number of alkyl halides is 3. The first-order chi connectivity index (χ1) is 17.8. The molecule has 1 N–H and O–H groups in total. The number of nitrogens with zero attached hydrogens (tertiary/aromatic N) is 4. The predicted octanol–water partition coefficient (Wildman–Crippen LogP) is 5.73. The molecule has 2 saturated heterocycles. The van der Waals surface area contributed by atoms with Gasteiger partial charge in [-0.3, -0.25) is 4.84 Å². The molecule has 3 aromatic rings. The number of aromatic nitrogens is 2. The van der Waals surface area contributed by atoms with Crippen molar-refractivity contribution in [2.24, 2.45) is 0 Å². The van der Waals surface area contributed by atoms with Gasteiger partial charge in [0.2, 0.25) is 5.95 Å². The third-order valence-corrected chi connectivity index (χ3v) is 6.52. The summed E-state index contributed by atoms with van der Waals surface area (Å²) in [5.41, 5.74) is 0.0679. The zero-order chi connectivity index (χ0) is 26.0. The van der Waals surface area contributed by atoms with Gasteiger partial charge in [-0.25, -0.2) is 14.4 Å². The molecule has 5 rings (SSSR count). The van der Waals surface area contributed by atoms with Crippen LogP contribution in [0.3, 0.4) is 0 Å². The summed E-state index contributed by atoms with van der Waals surface area (Å²) in [5, 5.41) is 3.99. The van der Waals surface area contributed by atoms with Crippen molar-refractivity contribution in [2.75, 3.05) is 37.1 Å². The van der Waals surface area contributed by atoms with Crippen LogP contribution in [0.4, 0.5) is 35.0 Å². The van der Waals surface area contributed by atoms with Crippen molar-refractivity contribution in [1.29, 1.82) is 0 Å². The van der Waals surface area contributed by atoms with Gasteiger partial charge < -0.3 is 15.0 Å². The number of hydrogen-bond donors (Lipinski definition) is 1. The molecule has 0 saturated carbocycles. The van der Waals surface area contributed by atoms with Crippen LogP contribution in [-0.2, 0) is 11.0 Å². The van der Waals surface area contributed by atoms with Gasteiger partial charge >= 0.3 is 6.18 Å². The van der Waals surface area contributed by atoms with Gasteiger partial charge in [-0.15, -0.1) is 0 Å². The number of rotatable bonds is 6. The van der Waals surface area contributed by atoms with Crippen molar-refractivity contribution >= 4 is 17.5 Å². The van der Waals surface area contributed by atoms with Crippen molar-refractivity contribution in [2.45, 2.75) is 37.6 Å². The molecular weight excluding hydrogens is 490 g/mol. The van der Waals surface area contributed by atoms with E-state index >= 15 is 0 Å². The molecule has 0 bridgehead atoms. The van der Waals surface area contributed by atoms with Crippen LogP contribution in [0, 0.1) is 5.82 Å². The smallest absolute Gasteiger partial charge is 0.421 e. The first kappa shape index (κ1) is 25.2. The van der Waals surface area contributed by atoms with Crippen LogP contribution >= 0.6 is 0 Å². The van der Waals surface area contributed by atoms with E-state index in [1.165, 1.54) is 17.2 Å². The van der Waals surface area contributed by atoms with Crippen molar-refractivity contribution in [1.82, 2.24) is 14.9 Å². The lowest BCUT2D eigenvalue weighted by Gasteiger charge is -2.29. The van der Waals surface area contributed by atoms with Crippen molar-refractivity contribution in [3.63, 3.8) is 0 Å². The zero-order valence-corrected chi connectivity index (χ0v) is 20.2. The first-order valence-electron chi connectivity index (χ1n) is 12.1. The highest BCUT2D eigenvalue weighted by atomic mass is 19.4. The van der Waals surface area contributed by atoms with Crippen molar-refractivity contribution in [3.05, 3.63) is 71.7 Å². The number of ether oxygens (including phenoxy) is 1. The Kier molecular flexibility index (Phi) is 7.16. The van der Waals surface area contributed by atoms with E-state index in [1.54, 1.807) is 6.07 Å². The number of benzene rings is 2. The first-order valence-corrected chi connectivity index (χ1v) is 12.1. The van der Waals surface area contributed by atoms with E-state index in [4.69, 9.17) is 9.57 Å². The second kappa shape index (κ2) is 10.5. The molecule has 2 fully saturated rings. The molecule has 196 valence electrons. The number of halogens is 4. The van der Waals surface area contributed by atoms with Crippen molar-refractivity contribution < 1.29 is 27.1 Å². The van der Waals surface area contributed by atoms with Crippen LogP contribution in [0.15, 0.2) is 54.7 Å². The summed E-state index contributed by atoms with van der Waals surface area (Å²) >= 11 is 0. The monoisotopic (exact) mass is 517 g/mol. The summed E-state index contributed by atoms with van der Waals surface area (Å²) < 4.78 is 62.2. The third kappa shape index (κ3) is 5.78. The minimum atomic E-state index is -4.69. The van der Waals surface area contributed by atoms with Gasteiger partial charge in [-0.1, -0.05) is 30.3 Å². The number of piperidine rings is 1. The molecule has 1 aromatic heterocycles. The Bertz CT molecular complexity index is 1220. The van der Waals surface area contributed by atoms with Gasteiger partial charge in [-0.05, 0) is 37.6 Å². The van der Waals surface area contributed by atoms with Crippen LogP contribution in [-0.4, -0.2) is 47.7 Å². The Labute approximate surface area is 212 Å². The summed E-state index contributed by atoms with van der Waals surface area (Å²) in [6.45, 7) is 2.00. The summed E-state index contributed by atoms with van der Waals surface area (Å²) in [4.78, 5) is 15.8. The highest BCUT2D eigenvalue weighted by Crippen LogP contribution is 2.41. The average Bonchev–Trinajstić information content (AvgIpc) is 3.37. The van der Waals surface area contributed by atoms with Gasteiger partial charge in [0.1, 0.15) is 11.7 Å². The minimum Gasteiger partial charge on any atom is -0.487 e. The van der Waals surface area contributed by atoms with E-state index in [0.717, 1.165) is 31.5 Å². The normalized spacial score (nSPS) is 19.3. The molecule has 0 aliphatic carbocycles. The van der Waals surface area contributed by atoms with Crippen LogP contribution in [0.1, 0.15) is 36.4 Å². The molecule has 7 nitrogen and oxygen atoms in total. The Morgan fingerprint density at radius 1 is 1.05 bits per heavy atom. The largest absolute Gasteiger partial charge is 0.487 e. The summed E-state index contributed by atoms with van der Waals surface area (Å²) in [7, 11) is 2.03. The van der Waals surface area contributed by atoms with E-state index in [1.807, 2.05) is 37.4 Å². The lowest BCUT2D eigenvalue weighted by molar-refractivity contribution is -0.138. The number of likely N-dealkylation sites (tertiary alicyclic amines) is 1. The summed E-state index contributed by atoms with van der Waals surface area (Å²) in [6, 6.07) is 13.0. The topological polar surface area (TPSA) is 62.8 Å². The maximum Gasteiger partial charge on any atom is 0.421 e. The molecule has 37 heavy (non-hydrogen) atoms.